The lowest BCUT2D eigenvalue weighted by molar-refractivity contribution is -0.116. The topological polar surface area (TPSA) is 46.9 Å². The minimum absolute atomic E-state index is 0.0162. The van der Waals surface area contributed by atoms with Gasteiger partial charge in [0.25, 0.3) is 0 Å². The normalized spacial score (nSPS) is 12.1. The molecule has 1 atom stereocenters. The first kappa shape index (κ1) is 12.6. The third kappa shape index (κ3) is 3.11. The van der Waals surface area contributed by atoms with Crippen LogP contribution in [-0.2, 0) is 4.79 Å². The third-order valence-corrected chi connectivity index (χ3v) is 2.93. The van der Waals surface area contributed by atoms with Crippen molar-refractivity contribution >= 4 is 23.2 Å². The van der Waals surface area contributed by atoms with Crippen molar-refractivity contribution in [2.24, 2.45) is 0 Å². The summed E-state index contributed by atoms with van der Waals surface area (Å²) >= 11 is 5.97. The van der Waals surface area contributed by atoms with E-state index in [9.17, 15) is 4.79 Å². The molecule has 1 heterocycles. The summed E-state index contributed by atoms with van der Waals surface area (Å²) in [5.74, 6) is -0.0777. The zero-order valence-electron chi connectivity index (χ0n) is 10.0. The predicted octanol–water partition coefficient (Wildman–Crippen LogP) is 3.13. The van der Waals surface area contributed by atoms with Crippen molar-refractivity contribution in [3.8, 4) is 0 Å². The molecule has 0 fully saturated rings. The van der Waals surface area contributed by atoms with Crippen LogP contribution in [-0.4, -0.2) is 15.7 Å². The number of carbonyl (C=O) groups excluding carboxylic acids is 1. The number of rotatable bonds is 4. The molecule has 1 aromatic carbocycles. The quantitative estimate of drug-likeness (QED) is 0.921. The summed E-state index contributed by atoms with van der Waals surface area (Å²) in [6, 6.07) is 9.03. The summed E-state index contributed by atoms with van der Waals surface area (Å²) in [6.07, 6.45) is 3.89. The first-order valence-electron chi connectivity index (χ1n) is 5.70. The highest BCUT2D eigenvalue weighted by Gasteiger charge is 2.11. The van der Waals surface area contributed by atoms with Crippen LogP contribution in [0.15, 0.2) is 42.7 Å². The molecule has 0 aliphatic rings. The molecule has 0 aliphatic carbocycles. The highest BCUT2D eigenvalue weighted by Crippen LogP contribution is 2.21. The first-order valence-corrected chi connectivity index (χ1v) is 6.08. The van der Waals surface area contributed by atoms with Gasteiger partial charge in [0.1, 0.15) is 0 Å². The molecule has 1 aromatic heterocycles. The van der Waals surface area contributed by atoms with Crippen LogP contribution in [0.25, 0.3) is 0 Å². The zero-order chi connectivity index (χ0) is 13.0. The fourth-order valence-electron chi connectivity index (χ4n) is 1.67. The van der Waals surface area contributed by atoms with Crippen LogP contribution in [0.5, 0.6) is 0 Å². The van der Waals surface area contributed by atoms with Crippen molar-refractivity contribution < 1.29 is 4.79 Å². The van der Waals surface area contributed by atoms with E-state index in [0.717, 1.165) is 0 Å². The maximum atomic E-state index is 11.9. The lowest BCUT2D eigenvalue weighted by Crippen LogP contribution is -2.18. The first-order chi connectivity index (χ1) is 8.66. The van der Waals surface area contributed by atoms with E-state index < -0.39 is 0 Å². The van der Waals surface area contributed by atoms with Crippen LogP contribution in [0.3, 0.4) is 0 Å². The summed E-state index contributed by atoms with van der Waals surface area (Å²) in [5.41, 5.74) is 0.636. The van der Waals surface area contributed by atoms with Gasteiger partial charge >= 0.3 is 0 Å². The van der Waals surface area contributed by atoms with E-state index >= 15 is 0 Å². The molecule has 18 heavy (non-hydrogen) atoms. The van der Waals surface area contributed by atoms with Gasteiger partial charge in [0.15, 0.2) is 0 Å². The lowest BCUT2D eigenvalue weighted by atomic mass is 10.2. The number of aromatic nitrogens is 2. The van der Waals surface area contributed by atoms with Crippen molar-refractivity contribution in [1.29, 1.82) is 0 Å². The number of hydrogen-bond acceptors (Lipinski definition) is 2. The molecule has 1 unspecified atom stereocenters. The zero-order valence-corrected chi connectivity index (χ0v) is 10.8. The summed E-state index contributed by atoms with van der Waals surface area (Å²) in [6.45, 7) is 1.94. The molecule has 0 spiro atoms. The molecule has 1 N–H and O–H groups in total. The number of hydrogen-bond donors (Lipinski definition) is 1. The summed E-state index contributed by atoms with van der Waals surface area (Å²) in [5, 5.41) is 7.43. The molecule has 0 saturated heterocycles. The van der Waals surface area contributed by atoms with E-state index in [1.54, 1.807) is 23.0 Å². The molecular weight excluding hydrogens is 250 g/mol. The lowest BCUT2D eigenvalue weighted by Gasteiger charge is -2.12. The van der Waals surface area contributed by atoms with Crippen LogP contribution < -0.4 is 5.32 Å². The molecule has 2 rings (SSSR count). The number of halogens is 1. The van der Waals surface area contributed by atoms with Crippen LogP contribution in [0, 0.1) is 0 Å². The molecule has 0 bridgehead atoms. The Bertz CT molecular complexity index is 525. The number of nitrogens with zero attached hydrogens (tertiary/aromatic N) is 2. The van der Waals surface area contributed by atoms with Gasteiger partial charge < -0.3 is 5.32 Å². The molecule has 0 saturated carbocycles. The summed E-state index contributed by atoms with van der Waals surface area (Å²) < 4.78 is 1.76. The van der Waals surface area contributed by atoms with Crippen LogP contribution in [0.4, 0.5) is 5.69 Å². The van der Waals surface area contributed by atoms with Crippen LogP contribution in [0.1, 0.15) is 19.4 Å². The third-order valence-electron chi connectivity index (χ3n) is 2.61. The van der Waals surface area contributed by atoms with E-state index in [2.05, 4.69) is 10.4 Å². The Balaban J connectivity index is 1.95. The van der Waals surface area contributed by atoms with Crippen LogP contribution >= 0.6 is 11.6 Å². The number of anilines is 1. The number of para-hydroxylation sites is 1. The Hall–Kier alpha value is -1.81. The van der Waals surface area contributed by atoms with Crippen molar-refractivity contribution in [2.45, 2.75) is 19.4 Å². The van der Waals surface area contributed by atoms with E-state index in [1.165, 1.54) is 0 Å². The SMILES string of the molecule is CC(CC(=O)Nc1ccccc1Cl)n1cccn1. The number of benzene rings is 1. The van der Waals surface area contributed by atoms with E-state index in [-0.39, 0.29) is 11.9 Å². The maximum absolute atomic E-state index is 11.9. The standard InChI is InChI=1S/C13H14ClN3O/c1-10(17-8-4-7-15-17)9-13(18)16-12-6-3-2-5-11(12)14/h2-8,10H,9H2,1H3,(H,16,18). The van der Waals surface area contributed by atoms with Gasteiger partial charge in [-0.05, 0) is 25.1 Å². The fraction of sp³-hybridized carbons (Fsp3) is 0.231. The Morgan fingerprint density at radius 2 is 2.22 bits per heavy atom. The van der Waals surface area contributed by atoms with Gasteiger partial charge in [-0.2, -0.15) is 5.10 Å². The van der Waals surface area contributed by atoms with Gasteiger partial charge in [-0.25, -0.2) is 0 Å². The Morgan fingerprint density at radius 3 is 2.89 bits per heavy atom. The second-order valence-electron chi connectivity index (χ2n) is 4.07. The van der Waals surface area contributed by atoms with Gasteiger partial charge in [0, 0.05) is 18.8 Å². The van der Waals surface area contributed by atoms with Crippen molar-refractivity contribution in [1.82, 2.24) is 9.78 Å². The smallest absolute Gasteiger partial charge is 0.226 e. The predicted molar refractivity (Wildman–Crippen MR) is 71.6 cm³/mol. The number of amides is 1. The maximum Gasteiger partial charge on any atom is 0.226 e. The van der Waals surface area contributed by atoms with E-state index in [4.69, 9.17) is 11.6 Å². The summed E-state index contributed by atoms with van der Waals surface area (Å²) in [4.78, 5) is 11.9. The summed E-state index contributed by atoms with van der Waals surface area (Å²) in [7, 11) is 0. The monoisotopic (exact) mass is 263 g/mol. The highest BCUT2D eigenvalue weighted by atomic mass is 35.5. The molecule has 1 amide bonds. The number of carbonyl (C=O) groups is 1. The van der Waals surface area contributed by atoms with Gasteiger partial charge in [0.05, 0.1) is 16.8 Å². The Kier molecular flexibility index (Phi) is 3.99. The van der Waals surface area contributed by atoms with Crippen molar-refractivity contribution in [3.05, 3.63) is 47.7 Å². The Labute approximate surface area is 111 Å². The van der Waals surface area contributed by atoms with Crippen molar-refractivity contribution in [2.75, 3.05) is 5.32 Å². The van der Waals surface area contributed by atoms with Gasteiger partial charge in [-0.1, -0.05) is 23.7 Å². The average molecular weight is 264 g/mol. The fourth-order valence-corrected chi connectivity index (χ4v) is 1.85. The molecule has 2 aromatic rings. The number of nitrogens with one attached hydrogen (secondary N) is 1. The van der Waals surface area contributed by atoms with Crippen molar-refractivity contribution in [3.63, 3.8) is 0 Å². The van der Waals surface area contributed by atoms with Gasteiger partial charge in [0.2, 0.25) is 5.91 Å². The van der Waals surface area contributed by atoms with E-state index in [0.29, 0.717) is 17.1 Å². The van der Waals surface area contributed by atoms with E-state index in [1.807, 2.05) is 31.3 Å². The minimum Gasteiger partial charge on any atom is -0.325 e. The highest BCUT2D eigenvalue weighted by molar-refractivity contribution is 6.33. The van der Waals surface area contributed by atoms with Gasteiger partial charge in [-0.15, -0.1) is 0 Å². The van der Waals surface area contributed by atoms with Gasteiger partial charge in [-0.3, -0.25) is 9.48 Å². The molecule has 5 heteroatoms. The second-order valence-corrected chi connectivity index (χ2v) is 4.47. The minimum atomic E-state index is -0.0777. The molecule has 0 radical (unpaired) electrons. The average Bonchev–Trinajstić information content (AvgIpc) is 2.85. The molecular formula is C13H14ClN3O. The molecule has 94 valence electrons. The van der Waals surface area contributed by atoms with Crippen LogP contribution in [0.2, 0.25) is 5.02 Å². The Morgan fingerprint density at radius 1 is 1.44 bits per heavy atom. The second kappa shape index (κ2) is 5.69. The largest absolute Gasteiger partial charge is 0.325 e. The molecule has 0 aliphatic heterocycles. The molecule has 4 nitrogen and oxygen atoms in total.